The topological polar surface area (TPSA) is 178 Å². The molecule has 0 spiro atoms. The molecular weight excluding hydrogens is 636 g/mol. The summed E-state index contributed by atoms with van der Waals surface area (Å²) >= 11 is 33.7. The van der Waals surface area contributed by atoms with E-state index in [4.69, 9.17) is 83.2 Å². The Morgan fingerprint density at radius 3 is 1.00 bits per heavy atom. The van der Waals surface area contributed by atoms with Gasteiger partial charge in [0.25, 0.3) is 0 Å². The van der Waals surface area contributed by atoms with Crippen LogP contribution in [0.25, 0.3) is 0 Å². The fourth-order valence-corrected chi connectivity index (χ4v) is 5.35. The number of rotatable bonds is 15. The largest absolute Gasteiger partial charge is 0.396 e. The van der Waals surface area contributed by atoms with Crippen LogP contribution >= 0.6 is 92.4 Å². The smallest absolute Gasteiger partial charge is 0.319 e. The van der Waals surface area contributed by atoms with Crippen molar-refractivity contribution in [3.05, 3.63) is 0 Å². The van der Waals surface area contributed by atoms with Crippen LogP contribution in [0.4, 0.5) is 0 Å². The number of hydrogen-bond donors (Lipinski definition) is 3. The number of alkyl halides is 6. The first kappa shape index (κ1) is 32.2. The lowest BCUT2D eigenvalue weighted by Crippen LogP contribution is -2.37. The van der Waals surface area contributed by atoms with Gasteiger partial charge in [-0.2, -0.15) is 15.0 Å². The second kappa shape index (κ2) is 14.2. The molecule has 21 heteroatoms. The van der Waals surface area contributed by atoms with Gasteiger partial charge in [-0.05, 0) is 0 Å². The van der Waals surface area contributed by atoms with Gasteiger partial charge < -0.3 is 28.3 Å². The normalized spacial score (nSPS) is 20.3. The Morgan fingerprint density at radius 2 is 0.818 bits per heavy atom. The molecule has 6 atom stereocenters. The molecule has 0 saturated heterocycles. The molecule has 0 saturated carbocycles. The summed E-state index contributed by atoms with van der Waals surface area (Å²) in [4.78, 5) is 40.9. The summed E-state index contributed by atoms with van der Waals surface area (Å²) in [6.45, 7) is -1.66. The number of hydrogen-bond acceptors (Lipinski definition) is 9. The van der Waals surface area contributed by atoms with E-state index in [0.29, 0.717) is 0 Å². The van der Waals surface area contributed by atoms with Crippen LogP contribution in [-0.4, -0.2) is 83.2 Å². The van der Waals surface area contributed by atoms with Crippen LogP contribution < -0.4 is 16.7 Å². The molecule has 3 N–H and O–H groups in total. The maximum Gasteiger partial charge on any atom is 0.396 e. The summed E-state index contributed by atoms with van der Waals surface area (Å²) in [6.07, 6.45) is 0. The van der Waals surface area contributed by atoms with Crippen molar-refractivity contribution in [1.29, 1.82) is 0 Å². The van der Waals surface area contributed by atoms with Gasteiger partial charge in [-0.1, -0.05) is 0 Å². The van der Waals surface area contributed by atoms with Crippen molar-refractivity contribution in [2.75, 3.05) is 37.5 Å². The molecule has 0 aliphatic heterocycles. The Morgan fingerprint density at radius 1 is 0.606 bits per heavy atom. The van der Waals surface area contributed by atoms with Crippen LogP contribution in [0.15, 0.2) is 0 Å². The van der Waals surface area contributed by atoms with Crippen LogP contribution in [-0.2, 0) is 27.3 Å². The summed E-state index contributed by atoms with van der Waals surface area (Å²) < 4.78 is 52.1. The lowest BCUT2D eigenvalue weighted by atomic mass is 10.5. The zero-order valence-corrected chi connectivity index (χ0v) is 23.4. The lowest BCUT2D eigenvalue weighted by molar-refractivity contribution is 0.268. The average molecular weight is 654 g/mol. The first-order valence-corrected chi connectivity index (χ1v) is 16.1. The maximum absolute atomic E-state index is 12.6. The predicted octanol–water partition coefficient (Wildman–Crippen LogP) is 1.89. The standard InChI is InChI=1S/C12H18Cl6N3O9P3/c13-1-7(16)4-28-31(22,23)10-19-11(32(24,25)29-5-8(17)2-14)21-12(20-10)33(26,27)30-6-9(18)3-15/h7-9H,1-6H2,(H,22,23)(H,24,25)(H,26,27). The summed E-state index contributed by atoms with van der Waals surface area (Å²) in [5.41, 5.74) is -3.47. The van der Waals surface area contributed by atoms with E-state index in [1.165, 1.54) is 0 Å². The number of halogens is 6. The molecule has 0 aliphatic rings. The molecule has 0 aromatic carbocycles. The van der Waals surface area contributed by atoms with Crippen LogP contribution in [0.2, 0.25) is 0 Å². The van der Waals surface area contributed by atoms with E-state index >= 15 is 0 Å². The Balaban J connectivity index is 3.46. The first-order valence-electron chi connectivity index (χ1n) is 8.48. The molecule has 0 amide bonds. The number of nitrogens with zero attached hydrogens (tertiary/aromatic N) is 3. The van der Waals surface area contributed by atoms with Gasteiger partial charge in [0.05, 0.1) is 36.0 Å². The molecule has 1 heterocycles. The minimum atomic E-state index is -4.97. The Bertz CT molecular complexity index is 807. The second-order valence-corrected chi connectivity index (χ2v) is 13.8. The van der Waals surface area contributed by atoms with E-state index in [2.05, 4.69) is 15.0 Å². The van der Waals surface area contributed by atoms with Crippen LogP contribution in [0.1, 0.15) is 0 Å². The minimum absolute atomic E-state index is 0.144. The van der Waals surface area contributed by atoms with Crippen molar-refractivity contribution >= 4 is 109 Å². The number of aromatic nitrogens is 3. The van der Waals surface area contributed by atoms with Gasteiger partial charge in [-0.15, -0.1) is 69.6 Å². The Hall–Kier alpha value is 1.20. The van der Waals surface area contributed by atoms with Crippen molar-refractivity contribution < 1.29 is 41.9 Å². The molecule has 0 radical (unpaired) electrons. The van der Waals surface area contributed by atoms with E-state index in [9.17, 15) is 28.4 Å². The van der Waals surface area contributed by atoms with Crippen molar-refractivity contribution in [2.24, 2.45) is 0 Å². The molecule has 0 aliphatic carbocycles. The molecule has 1 rings (SSSR count). The third kappa shape index (κ3) is 10.6. The highest BCUT2D eigenvalue weighted by Crippen LogP contribution is 2.44. The molecule has 1 aromatic heterocycles. The van der Waals surface area contributed by atoms with Crippen LogP contribution in [0.5, 0.6) is 0 Å². The summed E-state index contributed by atoms with van der Waals surface area (Å²) in [6, 6.07) is 0. The molecular formula is C12H18Cl6N3O9P3. The molecule has 0 bridgehead atoms. The zero-order valence-electron chi connectivity index (χ0n) is 16.2. The molecule has 192 valence electrons. The van der Waals surface area contributed by atoms with E-state index in [-0.39, 0.29) is 17.6 Å². The monoisotopic (exact) mass is 651 g/mol. The summed E-state index contributed by atoms with van der Waals surface area (Å²) in [5, 5.41) is -2.67. The molecule has 6 unspecified atom stereocenters. The third-order valence-electron chi connectivity index (χ3n) is 3.15. The third-order valence-corrected chi connectivity index (χ3v) is 9.20. The van der Waals surface area contributed by atoms with Crippen molar-refractivity contribution in [3.8, 4) is 0 Å². The highest BCUT2D eigenvalue weighted by Gasteiger charge is 2.39. The fourth-order valence-electron chi connectivity index (χ4n) is 1.57. The van der Waals surface area contributed by atoms with Gasteiger partial charge in [0.2, 0.25) is 16.7 Å². The van der Waals surface area contributed by atoms with Crippen molar-refractivity contribution in [3.63, 3.8) is 0 Å². The Labute approximate surface area is 218 Å². The predicted molar refractivity (Wildman–Crippen MR) is 127 cm³/mol. The molecule has 0 fully saturated rings. The average Bonchev–Trinajstić information content (AvgIpc) is 2.78. The van der Waals surface area contributed by atoms with E-state index in [1.807, 2.05) is 0 Å². The van der Waals surface area contributed by atoms with E-state index in [1.54, 1.807) is 0 Å². The van der Waals surface area contributed by atoms with Gasteiger partial charge >= 0.3 is 22.8 Å². The molecule has 33 heavy (non-hydrogen) atoms. The minimum Gasteiger partial charge on any atom is -0.319 e. The van der Waals surface area contributed by atoms with E-state index < -0.39 is 75.4 Å². The second-order valence-electron chi connectivity index (χ2n) is 5.94. The first-order chi connectivity index (χ1) is 15.2. The highest BCUT2D eigenvalue weighted by atomic mass is 35.5. The fraction of sp³-hybridized carbons (Fsp3) is 0.750. The van der Waals surface area contributed by atoms with Crippen LogP contribution in [0, 0.1) is 0 Å². The molecule has 12 nitrogen and oxygen atoms in total. The SMILES string of the molecule is O=P(O)(OCC(Cl)CCl)c1nc(P(=O)(O)OCC(Cl)CCl)nc(P(=O)(O)OCC(Cl)CCl)n1. The Kier molecular flexibility index (Phi) is 13.9. The summed E-state index contributed by atoms with van der Waals surface area (Å²) in [7, 11) is -14.9. The molecule has 1 aromatic rings. The van der Waals surface area contributed by atoms with Gasteiger partial charge in [0, 0.05) is 17.6 Å². The van der Waals surface area contributed by atoms with Gasteiger partial charge in [0.1, 0.15) is 0 Å². The zero-order chi connectivity index (χ0) is 25.4. The van der Waals surface area contributed by atoms with Crippen LogP contribution in [0.3, 0.4) is 0 Å². The van der Waals surface area contributed by atoms with E-state index in [0.717, 1.165) is 0 Å². The lowest BCUT2D eigenvalue weighted by Gasteiger charge is -2.18. The van der Waals surface area contributed by atoms with Gasteiger partial charge in [0.15, 0.2) is 0 Å². The van der Waals surface area contributed by atoms with Crippen molar-refractivity contribution in [2.45, 2.75) is 16.1 Å². The van der Waals surface area contributed by atoms with Gasteiger partial charge in [-0.3, -0.25) is 13.7 Å². The quantitative estimate of drug-likeness (QED) is 0.185. The summed E-state index contributed by atoms with van der Waals surface area (Å²) in [5.74, 6) is -0.432. The maximum atomic E-state index is 12.6. The van der Waals surface area contributed by atoms with Gasteiger partial charge in [-0.25, -0.2) is 0 Å². The van der Waals surface area contributed by atoms with Crippen molar-refractivity contribution in [1.82, 2.24) is 15.0 Å². The highest BCUT2D eigenvalue weighted by molar-refractivity contribution is 7.63.